The molecule has 4 N–H and O–H groups in total. The van der Waals surface area contributed by atoms with Gasteiger partial charge in [-0.25, -0.2) is 9.71 Å². The Hall–Kier alpha value is -3.89. The Labute approximate surface area is 262 Å². The van der Waals surface area contributed by atoms with Gasteiger partial charge in [0.1, 0.15) is 17.9 Å². The average molecular weight is 655 g/mol. The number of sulfonamides is 1. The van der Waals surface area contributed by atoms with Crippen molar-refractivity contribution >= 4 is 41.2 Å². The Balaban J connectivity index is 1.43. The monoisotopic (exact) mass is 654 g/mol. The highest BCUT2D eigenvalue weighted by atomic mass is 32.2. The van der Waals surface area contributed by atoms with Gasteiger partial charge in [0.25, 0.3) is 21.1 Å². The zero-order valence-corrected chi connectivity index (χ0v) is 27.6. The van der Waals surface area contributed by atoms with Crippen LogP contribution in [0.5, 0.6) is 5.75 Å². The molecule has 0 spiro atoms. The Morgan fingerprint density at radius 2 is 1.82 bits per heavy atom. The molecule has 2 aromatic carbocycles. The van der Waals surface area contributed by atoms with E-state index < -0.39 is 47.8 Å². The molecule has 3 heterocycles. The molecular formula is C30H38N6O7SSi. The Morgan fingerprint density at radius 3 is 2.51 bits per heavy atom. The second kappa shape index (κ2) is 12.5. The summed E-state index contributed by atoms with van der Waals surface area (Å²) in [5, 5.41) is 9.07. The van der Waals surface area contributed by atoms with Crippen molar-refractivity contribution in [3.8, 4) is 5.75 Å². The molecule has 1 unspecified atom stereocenters. The summed E-state index contributed by atoms with van der Waals surface area (Å²) in [5.41, 5.74) is 7.26. The number of imidazole rings is 1. The summed E-state index contributed by atoms with van der Waals surface area (Å²) < 4.78 is 49.1. The van der Waals surface area contributed by atoms with Crippen LogP contribution in [-0.4, -0.2) is 66.1 Å². The molecular weight excluding hydrogens is 617 g/mol. The van der Waals surface area contributed by atoms with Gasteiger partial charge >= 0.3 is 0 Å². The van der Waals surface area contributed by atoms with Gasteiger partial charge < -0.3 is 24.7 Å². The SMILES string of the molecule is CC(C)(C)[Si](C)(C)OC1C[C@@H](CO)O[C@H]1n1cnc2c(N)nc(S(=O)(=O)NC(=O)c3ccccc3OCc3ccccc3)nc21. The lowest BCUT2D eigenvalue weighted by molar-refractivity contribution is -0.0460. The van der Waals surface area contributed by atoms with Crippen molar-refractivity contribution in [1.29, 1.82) is 0 Å². The number of amides is 1. The maximum absolute atomic E-state index is 13.5. The largest absolute Gasteiger partial charge is 0.488 e. The fourth-order valence-electron chi connectivity index (χ4n) is 4.70. The number of nitrogens with zero attached hydrogens (tertiary/aromatic N) is 4. The van der Waals surface area contributed by atoms with E-state index in [9.17, 15) is 18.3 Å². The molecule has 1 aliphatic rings. The lowest BCUT2D eigenvalue weighted by atomic mass is 10.2. The van der Waals surface area contributed by atoms with Gasteiger partial charge in [0.15, 0.2) is 26.0 Å². The number of aromatic nitrogens is 4. The van der Waals surface area contributed by atoms with Gasteiger partial charge in [-0.2, -0.15) is 18.4 Å². The Kier molecular flexibility index (Phi) is 9.01. The zero-order chi connectivity index (χ0) is 32.6. The number of benzene rings is 2. The van der Waals surface area contributed by atoms with Crippen LogP contribution in [0.15, 0.2) is 66.1 Å². The molecule has 0 saturated carbocycles. The van der Waals surface area contributed by atoms with Crippen LogP contribution >= 0.6 is 0 Å². The number of aliphatic hydroxyl groups is 1. The number of fused-ring (bicyclic) bond motifs is 1. The maximum Gasteiger partial charge on any atom is 0.300 e. The second-order valence-corrected chi connectivity index (χ2v) is 18.7. The number of para-hydroxylation sites is 1. The number of rotatable bonds is 10. The summed E-state index contributed by atoms with van der Waals surface area (Å²) in [6.07, 6.45) is 0.101. The predicted octanol–water partition coefficient (Wildman–Crippen LogP) is 3.78. The number of hydrogen-bond donors (Lipinski definition) is 3. The highest BCUT2D eigenvalue weighted by Crippen LogP contribution is 2.42. The fourth-order valence-corrected chi connectivity index (χ4v) is 6.90. The molecule has 3 atom stereocenters. The summed E-state index contributed by atoms with van der Waals surface area (Å²) in [6.45, 7) is 10.5. The third-order valence-corrected chi connectivity index (χ3v) is 13.8. The number of anilines is 1. The summed E-state index contributed by atoms with van der Waals surface area (Å²) in [5.74, 6) is -0.925. The van der Waals surface area contributed by atoms with Crippen molar-refractivity contribution in [2.45, 2.75) is 75.5 Å². The lowest BCUT2D eigenvalue weighted by Gasteiger charge is -2.39. The van der Waals surface area contributed by atoms with Crippen LogP contribution in [0, 0.1) is 0 Å². The molecule has 5 rings (SSSR count). The van der Waals surface area contributed by atoms with Gasteiger partial charge in [-0.05, 0) is 35.8 Å². The van der Waals surface area contributed by atoms with Crippen LogP contribution in [-0.2, 0) is 25.8 Å². The van der Waals surface area contributed by atoms with Gasteiger partial charge in [-0.1, -0.05) is 63.2 Å². The van der Waals surface area contributed by atoms with Crippen molar-refractivity contribution < 1.29 is 32.2 Å². The minimum Gasteiger partial charge on any atom is -0.488 e. The van der Waals surface area contributed by atoms with Gasteiger partial charge in [-0.3, -0.25) is 9.36 Å². The van der Waals surface area contributed by atoms with E-state index >= 15 is 0 Å². The van der Waals surface area contributed by atoms with Crippen molar-refractivity contribution in [3.05, 3.63) is 72.1 Å². The van der Waals surface area contributed by atoms with Gasteiger partial charge in [-0.15, -0.1) is 0 Å². The molecule has 13 nitrogen and oxygen atoms in total. The van der Waals surface area contributed by atoms with E-state index in [0.29, 0.717) is 6.42 Å². The minimum atomic E-state index is -4.60. The van der Waals surface area contributed by atoms with E-state index in [4.69, 9.17) is 19.6 Å². The molecule has 1 aliphatic heterocycles. The molecule has 15 heteroatoms. The molecule has 1 amide bonds. The number of carbonyl (C=O) groups is 1. The van der Waals surface area contributed by atoms with Crippen molar-refractivity contribution in [3.63, 3.8) is 0 Å². The van der Waals surface area contributed by atoms with Crippen LogP contribution in [0.25, 0.3) is 11.2 Å². The van der Waals surface area contributed by atoms with Gasteiger partial charge in [0.05, 0.1) is 30.7 Å². The fraction of sp³-hybridized carbons (Fsp3) is 0.400. The molecule has 0 aliphatic carbocycles. The van der Waals surface area contributed by atoms with Gasteiger partial charge in [0.2, 0.25) is 0 Å². The van der Waals surface area contributed by atoms with E-state index in [0.717, 1.165) is 5.56 Å². The van der Waals surface area contributed by atoms with Crippen LogP contribution in [0.4, 0.5) is 5.82 Å². The molecule has 0 bridgehead atoms. The van der Waals surface area contributed by atoms with Crippen LogP contribution in [0.2, 0.25) is 18.1 Å². The first-order chi connectivity index (χ1) is 21.2. The highest BCUT2D eigenvalue weighted by Gasteiger charge is 2.45. The maximum atomic E-state index is 13.5. The van der Waals surface area contributed by atoms with Crippen LogP contribution in [0.1, 0.15) is 49.3 Å². The normalized spacial score (nSPS) is 19.1. The first kappa shape index (κ1) is 32.5. The van der Waals surface area contributed by atoms with E-state index in [-0.39, 0.29) is 46.5 Å². The minimum absolute atomic E-state index is 0.0103. The van der Waals surface area contributed by atoms with Crippen molar-refractivity contribution in [1.82, 2.24) is 24.2 Å². The van der Waals surface area contributed by atoms with Gasteiger partial charge in [0, 0.05) is 6.42 Å². The smallest absolute Gasteiger partial charge is 0.300 e. The molecule has 240 valence electrons. The molecule has 4 aromatic rings. The Morgan fingerprint density at radius 1 is 1.13 bits per heavy atom. The lowest BCUT2D eigenvalue weighted by Crippen LogP contribution is -2.45. The average Bonchev–Trinajstić information content (AvgIpc) is 3.59. The van der Waals surface area contributed by atoms with E-state index in [2.05, 4.69) is 48.8 Å². The number of nitrogens with one attached hydrogen (secondary N) is 1. The third-order valence-electron chi connectivity index (χ3n) is 8.14. The number of nitrogens with two attached hydrogens (primary N) is 1. The zero-order valence-electron chi connectivity index (χ0n) is 25.8. The highest BCUT2D eigenvalue weighted by molar-refractivity contribution is 7.89. The molecule has 45 heavy (non-hydrogen) atoms. The topological polar surface area (TPSA) is 181 Å². The quantitative estimate of drug-likeness (QED) is 0.167. The number of nitrogen functional groups attached to an aromatic ring is 1. The molecule has 2 aromatic heterocycles. The van der Waals surface area contributed by atoms with Crippen LogP contribution < -0.4 is 15.2 Å². The van der Waals surface area contributed by atoms with E-state index in [1.165, 1.54) is 17.0 Å². The van der Waals surface area contributed by atoms with Crippen molar-refractivity contribution in [2.75, 3.05) is 12.3 Å². The summed E-state index contributed by atoms with van der Waals surface area (Å²) in [7, 11) is -6.88. The summed E-state index contributed by atoms with van der Waals surface area (Å²) in [6, 6.07) is 15.7. The molecule has 0 radical (unpaired) electrons. The number of hydrogen-bond acceptors (Lipinski definition) is 11. The number of aliphatic hydroxyl groups excluding tert-OH is 1. The number of carbonyl (C=O) groups excluding carboxylic acids is 1. The van der Waals surface area contributed by atoms with Crippen LogP contribution in [0.3, 0.4) is 0 Å². The first-order valence-corrected chi connectivity index (χ1v) is 18.9. The first-order valence-electron chi connectivity index (χ1n) is 14.5. The van der Waals surface area contributed by atoms with E-state index in [1.54, 1.807) is 18.2 Å². The summed E-state index contributed by atoms with van der Waals surface area (Å²) >= 11 is 0. The summed E-state index contributed by atoms with van der Waals surface area (Å²) in [4.78, 5) is 25.8. The second-order valence-electron chi connectivity index (χ2n) is 12.4. The number of ether oxygens (including phenoxy) is 2. The predicted molar refractivity (Wildman–Crippen MR) is 169 cm³/mol. The standard InChI is InChI=1S/C30H38N6O7SSi/c1-30(2,3)45(4,5)43-23-15-20(16-37)42-28(23)36-18-32-24-25(31)33-29(34-26(24)36)44(39,40)35-27(38)21-13-9-10-14-22(21)41-17-19-11-7-6-8-12-19/h6-14,18,20,23,28,37H,15-17H2,1-5H3,(H,35,38)(H2,31,33,34)/t20-,23?,28+/m0/s1. The Bertz CT molecular complexity index is 1790. The third kappa shape index (κ3) is 6.87. The van der Waals surface area contributed by atoms with Crippen molar-refractivity contribution in [2.24, 2.45) is 0 Å². The molecule has 1 fully saturated rings. The molecule has 1 saturated heterocycles. The van der Waals surface area contributed by atoms with E-state index in [1.807, 2.05) is 35.1 Å².